The van der Waals surface area contributed by atoms with E-state index in [1.54, 1.807) is 0 Å². The van der Waals surface area contributed by atoms with Crippen LogP contribution in [0.4, 0.5) is 0 Å². The van der Waals surface area contributed by atoms with Crippen molar-refractivity contribution in [3.63, 3.8) is 0 Å². The van der Waals surface area contributed by atoms with Gasteiger partial charge in [-0.15, -0.1) is 0 Å². The summed E-state index contributed by atoms with van der Waals surface area (Å²) in [5.74, 6) is -3.01. The zero-order chi connectivity index (χ0) is 13.6. The minimum absolute atomic E-state index is 0.266. The molecule has 0 radical (unpaired) electrons. The molecule has 0 aromatic carbocycles. The number of carbonyl (C=O) groups is 3. The molecule has 1 heterocycles. The van der Waals surface area contributed by atoms with Crippen LogP contribution in [0.1, 0.15) is 19.3 Å². The summed E-state index contributed by atoms with van der Waals surface area (Å²) < 4.78 is 4.96. The van der Waals surface area contributed by atoms with E-state index in [1.165, 1.54) is 12.2 Å². The topological polar surface area (TPSA) is 101 Å². The normalized spacial score (nSPS) is 25.0. The first-order chi connectivity index (χ1) is 8.46. The molecule has 0 amide bonds. The Morgan fingerprint density at radius 3 is 2.17 bits per heavy atom. The lowest BCUT2D eigenvalue weighted by Crippen LogP contribution is -2.28. The molecule has 0 aliphatic carbocycles. The second kappa shape index (κ2) is 6.00. The van der Waals surface area contributed by atoms with Gasteiger partial charge in [0.25, 0.3) is 0 Å². The van der Waals surface area contributed by atoms with Crippen molar-refractivity contribution >= 4 is 17.9 Å². The van der Waals surface area contributed by atoms with Crippen LogP contribution in [0.2, 0.25) is 0 Å². The molecule has 0 aromatic heterocycles. The Morgan fingerprint density at radius 2 is 1.67 bits per heavy atom. The molecule has 18 heavy (non-hydrogen) atoms. The van der Waals surface area contributed by atoms with E-state index in [0.717, 1.165) is 12.2 Å². The third-order valence-corrected chi connectivity index (χ3v) is 2.64. The average molecular weight is 254 g/mol. The molecular formula is C12H14O6. The molecule has 0 spiro atoms. The van der Waals surface area contributed by atoms with Gasteiger partial charge in [-0.3, -0.25) is 4.79 Å². The summed E-state index contributed by atoms with van der Waals surface area (Å²) in [7, 11) is 0. The first kappa shape index (κ1) is 14.0. The minimum atomic E-state index is -1.30. The van der Waals surface area contributed by atoms with E-state index < -0.39 is 23.3 Å². The Balaban J connectivity index is 3.08. The highest BCUT2D eigenvalue weighted by molar-refractivity contribution is 5.88. The summed E-state index contributed by atoms with van der Waals surface area (Å²) in [5, 5.41) is 17.2. The maximum atomic E-state index is 11.9. The monoisotopic (exact) mass is 254 g/mol. The average Bonchev–Trinajstić information content (AvgIpc) is 2.47. The SMILES string of the molecule is O=C(O)C=CC1(C=CC(=O)O)CCCCOC1=O. The predicted octanol–water partition coefficient (Wildman–Crippen LogP) is 0.982. The van der Waals surface area contributed by atoms with Crippen LogP contribution in [0.3, 0.4) is 0 Å². The van der Waals surface area contributed by atoms with Gasteiger partial charge in [-0.05, 0) is 19.3 Å². The van der Waals surface area contributed by atoms with E-state index in [-0.39, 0.29) is 6.61 Å². The van der Waals surface area contributed by atoms with Crippen LogP contribution in [-0.4, -0.2) is 34.7 Å². The lowest BCUT2D eigenvalue weighted by Gasteiger charge is -2.21. The minimum Gasteiger partial charge on any atom is -0.478 e. The molecule has 0 bridgehead atoms. The van der Waals surface area contributed by atoms with Gasteiger partial charge in [0, 0.05) is 12.2 Å². The first-order valence-corrected chi connectivity index (χ1v) is 5.48. The van der Waals surface area contributed by atoms with Gasteiger partial charge in [-0.2, -0.15) is 0 Å². The third-order valence-electron chi connectivity index (χ3n) is 2.64. The Labute approximate surface area is 104 Å². The fraction of sp³-hybridized carbons (Fsp3) is 0.417. The number of carboxylic acid groups (broad SMARTS) is 2. The highest BCUT2D eigenvalue weighted by Gasteiger charge is 2.36. The molecule has 0 atom stereocenters. The summed E-state index contributed by atoms with van der Waals surface area (Å²) in [6, 6.07) is 0. The van der Waals surface area contributed by atoms with E-state index >= 15 is 0 Å². The van der Waals surface area contributed by atoms with E-state index in [0.29, 0.717) is 19.3 Å². The van der Waals surface area contributed by atoms with Crippen LogP contribution in [0.5, 0.6) is 0 Å². The summed E-state index contributed by atoms with van der Waals surface area (Å²) in [5.41, 5.74) is -1.30. The van der Waals surface area contributed by atoms with Crippen molar-refractivity contribution in [2.75, 3.05) is 6.61 Å². The largest absolute Gasteiger partial charge is 0.478 e. The summed E-state index contributed by atoms with van der Waals surface area (Å²) >= 11 is 0. The van der Waals surface area contributed by atoms with Crippen molar-refractivity contribution in [3.8, 4) is 0 Å². The Hall–Kier alpha value is -2.11. The predicted molar refractivity (Wildman–Crippen MR) is 60.8 cm³/mol. The number of hydrogen-bond acceptors (Lipinski definition) is 4. The maximum Gasteiger partial charge on any atom is 0.328 e. The number of esters is 1. The van der Waals surface area contributed by atoms with Crippen molar-refractivity contribution in [1.82, 2.24) is 0 Å². The Kier molecular flexibility index (Phi) is 4.65. The van der Waals surface area contributed by atoms with E-state index in [4.69, 9.17) is 14.9 Å². The van der Waals surface area contributed by atoms with Crippen molar-refractivity contribution in [2.45, 2.75) is 19.3 Å². The second-order valence-corrected chi connectivity index (χ2v) is 3.98. The molecule has 1 rings (SSSR count). The number of carboxylic acids is 2. The fourth-order valence-corrected chi connectivity index (χ4v) is 1.72. The quantitative estimate of drug-likeness (QED) is 0.573. The van der Waals surface area contributed by atoms with Gasteiger partial charge in [0.2, 0.25) is 0 Å². The molecule has 6 nitrogen and oxygen atoms in total. The van der Waals surface area contributed by atoms with E-state index in [2.05, 4.69) is 0 Å². The second-order valence-electron chi connectivity index (χ2n) is 3.98. The van der Waals surface area contributed by atoms with Crippen LogP contribution in [0.15, 0.2) is 24.3 Å². The first-order valence-electron chi connectivity index (χ1n) is 5.48. The molecule has 0 saturated carbocycles. The van der Waals surface area contributed by atoms with Gasteiger partial charge >= 0.3 is 17.9 Å². The molecule has 0 aromatic rings. The zero-order valence-electron chi connectivity index (χ0n) is 9.67. The van der Waals surface area contributed by atoms with Crippen molar-refractivity contribution in [2.24, 2.45) is 5.41 Å². The van der Waals surface area contributed by atoms with Crippen molar-refractivity contribution in [1.29, 1.82) is 0 Å². The summed E-state index contributed by atoms with van der Waals surface area (Å²) in [6.45, 7) is 0.266. The lowest BCUT2D eigenvalue weighted by molar-refractivity contribution is -0.149. The fourth-order valence-electron chi connectivity index (χ4n) is 1.72. The number of aliphatic carboxylic acids is 2. The standard InChI is InChI=1S/C12H14O6/c13-9(14)3-6-12(7-4-10(15)16)5-1-2-8-18-11(12)17/h3-4,6-7H,1-2,5,8H2,(H,13,14)(H,15,16). The van der Waals surface area contributed by atoms with Crippen LogP contribution < -0.4 is 0 Å². The lowest BCUT2D eigenvalue weighted by atomic mass is 9.82. The van der Waals surface area contributed by atoms with E-state index in [9.17, 15) is 14.4 Å². The van der Waals surface area contributed by atoms with Gasteiger partial charge in [-0.1, -0.05) is 12.2 Å². The molecule has 1 aliphatic heterocycles. The van der Waals surface area contributed by atoms with Gasteiger partial charge < -0.3 is 14.9 Å². The molecule has 6 heteroatoms. The third kappa shape index (κ3) is 3.73. The van der Waals surface area contributed by atoms with Crippen LogP contribution in [0.25, 0.3) is 0 Å². The number of rotatable bonds is 4. The zero-order valence-corrected chi connectivity index (χ0v) is 9.67. The highest BCUT2D eigenvalue weighted by atomic mass is 16.5. The number of hydrogen-bond donors (Lipinski definition) is 2. The molecule has 0 unspecified atom stereocenters. The summed E-state index contributed by atoms with van der Waals surface area (Å²) in [4.78, 5) is 32.9. The van der Waals surface area contributed by atoms with Gasteiger partial charge in [0.05, 0.1) is 6.61 Å². The van der Waals surface area contributed by atoms with Crippen molar-refractivity contribution in [3.05, 3.63) is 24.3 Å². The van der Waals surface area contributed by atoms with Gasteiger partial charge in [0.15, 0.2) is 0 Å². The smallest absolute Gasteiger partial charge is 0.328 e. The van der Waals surface area contributed by atoms with E-state index in [1.807, 2.05) is 0 Å². The highest BCUT2D eigenvalue weighted by Crippen LogP contribution is 2.32. The summed E-state index contributed by atoms with van der Waals surface area (Å²) in [6.07, 6.45) is 5.69. The number of ether oxygens (including phenoxy) is 1. The van der Waals surface area contributed by atoms with Crippen molar-refractivity contribution < 1.29 is 29.3 Å². The molecule has 1 aliphatic rings. The molecule has 98 valence electrons. The van der Waals surface area contributed by atoms with Crippen LogP contribution >= 0.6 is 0 Å². The van der Waals surface area contributed by atoms with Gasteiger partial charge in [-0.25, -0.2) is 9.59 Å². The molecule has 1 saturated heterocycles. The molecule has 1 fully saturated rings. The molecule has 2 N–H and O–H groups in total. The van der Waals surface area contributed by atoms with Crippen LogP contribution in [-0.2, 0) is 19.1 Å². The van der Waals surface area contributed by atoms with Gasteiger partial charge in [0.1, 0.15) is 5.41 Å². The molecular weight excluding hydrogens is 240 g/mol. The number of cyclic esters (lactones) is 1. The maximum absolute atomic E-state index is 11.9. The Morgan fingerprint density at radius 1 is 1.11 bits per heavy atom. The Bertz CT molecular complexity index is 383. The van der Waals surface area contributed by atoms with Crippen LogP contribution in [0, 0.1) is 5.41 Å². The number of carbonyl (C=O) groups excluding carboxylic acids is 1.